The molecule has 0 aliphatic heterocycles. The maximum Gasteiger partial charge on any atom is 0.0920 e. The molecule has 0 radical (unpaired) electrons. The third-order valence-electron chi connectivity index (χ3n) is 1.93. The highest BCUT2D eigenvalue weighted by Gasteiger charge is 2.00. The predicted molar refractivity (Wildman–Crippen MR) is 65.5 cm³/mol. The summed E-state index contributed by atoms with van der Waals surface area (Å²) in [5, 5.41) is 17.1. The molecule has 0 atom stereocenters. The average molecular weight is 228 g/mol. The van der Waals surface area contributed by atoms with E-state index < -0.39 is 0 Å². The van der Waals surface area contributed by atoms with E-state index in [-0.39, 0.29) is 0 Å². The Morgan fingerprint density at radius 1 is 1.25 bits per heavy atom. The first-order valence-electron chi connectivity index (χ1n) is 5.05. The van der Waals surface area contributed by atoms with Crippen molar-refractivity contribution >= 4 is 11.8 Å². The lowest BCUT2D eigenvalue weighted by Crippen LogP contribution is -1.80. The summed E-state index contributed by atoms with van der Waals surface area (Å²) in [4.78, 5) is 2.14. The molecule has 0 unspecified atom stereocenters. The van der Waals surface area contributed by atoms with Crippen LogP contribution in [0.3, 0.4) is 0 Å². The van der Waals surface area contributed by atoms with Gasteiger partial charge in [0, 0.05) is 22.3 Å². The summed E-state index contributed by atoms with van der Waals surface area (Å²) in [6.07, 6.45) is 3.71. The molecule has 1 aromatic rings. The average Bonchev–Trinajstić information content (AvgIpc) is 2.31. The number of rotatable bonds is 5. The number of hydrogen-bond donors (Lipinski definition) is 0. The molecular formula is C13H12N2S. The molecule has 0 fully saturated rings. The quantitative estimate of drug-likeness (QED) is 0.436. The van der Waals surface area contributed by atoms with Gasteiger partial charge in [0.15, 0.2) is 0 Å². The predicted octanol–water partition coefficient (Wildman–Crippen LogP) is 3.88. The highest BCUT2D eigenvalue weighted by molar-refractivity contribution is 8.03. The van der Waals surface area contributed by atoms with Crippen molar-refractivity contribution in [3.05, 3.63) is 41.3 Å². The van der Waals surface area contributed by atoms with Crippen LogP contribution in [-0.4, -0.2) is 0 Å². The second-order valence-electron chi connectivity index (χ2n) is 3.17. The number of nitriles is 2. The van der Waals surface area contributed by atoms with Gasteiger partial charge in [0.05, 0.1) is 12.1 Å². The van der Waals surface area contributed by atoms with Crippen molar-refractivity contribution in [2.45, 2.75) is 24.2 Å². The molecule has 0 amide bonds. The Labute approximate surface area is 100 Å². The van der Waals surface area contributed by atoms with Gasteiger partial charge in [-0.25, -0.2) is 0 Å². The SMILES string of the molecule is N#C/C=C(/CCCC#N)Sc1ccccc1. The number of nitrogens with zero attached hydrogens (tertiary/aromatic N) is 2. The number of unbranched alkanes of at least 4 members (excludes halogenated alkanes) is 1. The monoisotopic (exact) mass is 228 g/mol. The molecule has 0 aromatic heterocycles. The number of benzene rings is 1. The highest BCUT2D eigenvalue weighted by Crippen LogP contribution is 2.29. The second-order valence-corrected chi connectivity index (χ2v) is 4.37. The summed E-state index contributed by atoms with van der Waals surface area (Å²) < 4.78 is 0. The van der Waals surface area contributed by atoms with E-state index in [4.69, 9.17) is 10.5 Å². The topological polar surface area (TPSA) is 47.6 Å². The van der Waals surface area contributed by atoms with Crippen molar-refractivity contribution in [1.82, 2.24) is 0 Å². The molecule has 3 heteroatoms. The Morgan fingerprint density at radius 3 is 2.62 bits per heavy atom. The van der Waals surface area contributed by atoms with Crippen LogP contribution in [0.15, 0.2) is 46.2 Å². The molecule has 0 bridgehead atoms. The molecule has 0 N–H and O–H groups in total. The summed E-state index contributed by atoms with van der Waals surface area (Å²) in [6.45, 7) is 0. The van der Waals surface area contributed by atoms with E-state index in [0.29, 0.717) is 6.42 Å². The molecule has 0 spiro atoms. The van der Waals surface area contributed by atoms with Gasteiger partial charge in [0.25, 0.3) is 0 Å². The van der Waals surface area contributed by atoms with Crippen LogP contribution >= 0.6 is 11.8 Å². The number of hydrogen-bond acceptors (Lipinski definition) is 3. The van der Waals surface area contributed by atoms with Crippen molar-refractivity contribution in [2.24, 2.45) is 0 Å². The van der Waals surface area contributed by atoms with Gasteiger partial charge >= 0.3 is 0 Å². The Morgan fingerprint density at radius 2 is 2.00 bits per heavy atom. The van der Waals surface area contributed by atoms with Gasteiger partial charge in [-0.1, -0.05) is 30.0 Å². The van der Waals surface area contributed by atoms with Crippen LogP contribution in [0.25, 0.3) is 0 Å². The van der Waals surface area contributed by atoms with Crippen LogP contribution in [-0.2, 0) is 0 Å². The fourth-order valence-electron chi connectivity index (χ4n) is 1.21. The van der Waals surface area contributed by atoms with Crippen LogP contribution in [0.4, 0.5) is 0 Å². The van der Waals surface area contributed by atoms with Crippen molar-refractivity contribution in [3.8, 4) is 12.1 Å². The van der Waals surface area contributed by atoms with Gasteiger partial charge in [-0.3, -0.25) is 0 Å². The van der Waals surface area contributed by atoms with Gasteiger partial charge in [-0.05, 0) is 25.0 Å². The van der Waals surface area contributed by atoms with E-state index in [2.05, 4.69) is 6.07 Å². The first kappa shape index (κ1) is 12.4. The van der Waals surface area contributed by atoms with Crippen LogP contribution in [0, 0.1) is 22.7 Å². The lowest BCUT2D eigenvalue weighted by atomic mass is 10.2. The maximum atomic E-state index is 8.67. The number of thioether (sulfide) groups is 1. The highest BCUT2D eigenvalue weighted by atomic mass is 32.2. The smallest absolute Gasteiger partial charge is 0.0920 e. The zero-order valence-electron chi connectivity index (χ0n) is 8.89. The van der Waals surface area contributed by atoms with Gasteiger partial charge in [-0.2, -0.15) is 10.5 Å². The molecule has 0 heterocycles. The summed E-state index contributed by atoms with van der Waals surface area (Å²) in [5.74, 6) is 0. The minimum atomic E-state index is 0.540. The minimum Gasteiger partial charge on any atom is -0.198 e. The fourth-order valence-corrected chi connectivity index (χ4v) is 2.16. The fraction of sp³-hybridized carbons (Fsp3) is 0.231. The summed E-state index contributed by atoms with van der Waals surface area (Å²) in [6, 6.07) is 14.1. The van der Waals surface area contributed by atoms with Gasteiger partial charge in [-0.15, -0.1) is 0 Å². The second kappa shape index (κ2) is 7.56. The molecule has 80 valence electrons. The van der Waals surface area contributed by atoms with Gasteiger partial charge < -0.3 is 0 Å². The van der Waals surface area contributed by atoms with Crippen LogP contribution in [0.1, 0.15) is 19.3 Å². The van der Waals surface area contributed by atoms with Crippen molar-refractivity contribution in [3.63, 3.8) is 0 Å². The van der Waals surface area contributed by atoms with Gasteiger partial charge in [0.1, 0.15) is 0 Å². The molecule has 16 heavy (non-hydrogen) atoms. The number of allylic oxidation sites excluding steroid dienone is 2. The first-order valence-corrected chi connectivity index (χ1v) is 5.87. The summed E-state index contributed by atoms with van der Waals surface area (Å²) >= 11 is 1.59. The van der Waals surface area contributed by atoms with Crippen LogP contribution in [0.2, 0.25) is 0 Å². The van der Waals surface area contributed by atoms with E-state index in [1.165, 1.54) is 0 Å². The lowest BCUT2D eigenvalue weighted by molar-refractivity contribution is 0.868. The normalized spacial score (nSPS) is 10.5. The molecule has 2 nitrogen and oxygen atoms in total. The molecular weight excluding hydrogens is 216 g/mol. The van der Waals surface area contributed by atoms with Crippen LogP contribution < -0.4 is 0 Å². The Hall–Kier alpha value is -1.71. The molecule has 1 rings (SSSR count). The molecule has 0 saturated carbocycles. The summed E-state index contributed by atoms with van der Waals surface area (Å²) in [7, 11) is 0. The summed E-state index contributed by atoms with van der Waals surface area (Å²) in [5.41, 5.74) is 0. The third kappa shape index (κ3) is 4.68. The van der Waals surface area contributed by atoms with E-state index in [1.807, 2.05) is 36.4 Å². The van der Waals surface area contributed by atoms with Crippen molar-refractivity contribution < 1.29 is 0 Å². The van der Waals surface area contributed by atoms with Crippen molar-refractivity contribution in [2.75, 3.05) is 0 Å². The zero-order valence-corrected chi connectivity index (χ0v) is 9.70. The molecule has 0 aliphatic carbocycles. The zero-order chi connectivity index (χ0) is 11.6. The van der Waals surface area contributed by atoms with E-state index in [0.717, 1.165) is 22.6 Å². The van der Waals surface area contributed by atoms with Crippen LogP contribution in [0.5, 0.6) is 0 Å². The molecule has 0 saturated heterocycles. The largest absolute Gasteiger partial charge is 0.198 e. The van der Waals surface area contributed by atoms with E-state index >= 15 is 0 Å². The van der Waals surface area contributed by atoms with E-state index in [9.17, 15) is 0 Å². The van der Waals surface area contributed by atoms with E-state index in [1.54, 1.807) is 17.8 Å². The maximum absolute atomic E-state index is 8.67. The molecule has 0 aliphatic rings. The standard InChI is InChI=1S/C13H12N2S/c14-10-5-4-8-13(9-11-15)16-12-6-2-1-3-7-12/h1-3,6-7,9H,4-5,8H2/b13-9-. The Balaban J connectivity index is 2.57. The van der Waals surface area contributed by atoms with Crippen molar-refractivity contribution in [1.29, 1.82) is 10.5 Å². The Bertz CT molecular complexity index is 423. The first-order chi connectivity index (χ1) is 7.86. The van der Waals surface area contributed by atoms with Gasteiger partial charge in [0.2, 0.25) is 0 Å². The third-order valence-corrected chi connectivity index (χ3v) is 3.02. The molecule has 1 aromatic carbocycles. The Kier molecular flexibility index (Phi) is 5.84. The lowest BCUT2D eigenvalue weighted by Gasteiger charge is -2.04. The minimum absolute atomic E-state index is 0.540.